The van der Waals surface area contributed by atoms with Crippen LogP contribution in [0.4, 0.5) is 0 Å². The topological polar surface area (TPSA) is 311 Å². The molecule has 32 heteroatoms. The summed E-state index contributed by atoms with van der Waals surface area (Å²) in [6, 6.07) is 59.4. The predicted molar refractivity (Wildman–Crippen MR) is 488 cm³/mol. The Bertz CT molecular complexity index is 7130. The molecule has 4 saturated heterocycles. The molecule has 0 unspecified atom stereocenters. The zero-order valence-electron chi connectivity index (χ0n) is 67.7. The van der Waals surface area contributed by atoms with Crippen LogP contribution in [-0.4, -0.2) is 166 Å². The minimum Gasteiger partial charge on any atom is -0.343 e. The molecule has 628 valence electrons. The van der Waals surface area contributed by atoms with E-state index >= 15 is 0 Å². The summed E-state index contributed by atoms with van der Waals surface area (Å²) in [6.45, 7) is 14.8. The highest BCUT2D eigenvalue weighted by Crippen LogP contribution is 2.39. The van der Waals surface area contributed by atoms with Gasteiger partial charge in [0.25, 0.3) is 20.0 Å². The third-order valence-electron chi connectivity index (χ3n) is 21.6. The highest BCUT2D eigenvalue weighted by molar-refractivity contribution is 14.1. The number of H-pyrrole nitrogens is 2. The molecule has 0 spiro atoms. The number of hydrogen-bond donors (Lipinski definition) is 2. The van der Waals surface area contributed by atoms with E-state index in [4.69, 9.17) is 0 Å². The standard InChI is InChI=1S/C28H29N3O4S2Si.C23H20IN3O4S2.C20H19N3O2S.C19H21N3O2S/c1-38(2,3)20-16-23-21-27-26(22-11-13-25(14-12-22)36(32,33)30-18-7-8-19-30)15-17-29-28(27)31(23)37(34,35)24-9-5-4-6-10-24;24-22-16-21-20(17-8-10-19(11-9-17)32(28,29)26-14-4-5-15-26)12-13-25-23(21)27(22)33(30,31)18-6-2-1-3-7-18;1-2-5-16-14-19-18(10-11-21-20(19)22-16)15-6-8-17(9-7-15)26(24,25)23-12-3-4-13-23;1-2-15-13-18-17(9-10-20-19(18)21-15)14-5-7-16(8-6-14)25(23,24)22-11-3-4-12-22/h4-6,9-15,17,21H,7-8,18-19H2,1-3H3;1-3,6-13,16H,4-5,14-15H2;6-11,14H,3-4,12-13H2,1H3,(H,21,22);5-10,13H,2-4,11-12H2,1H3,(H,20,21). The molecule has 12 heterocycles. The third-order valence-corrected chi connectivity index (χ3v) is 34.7. The van der Waals surface area contributed by atoms with E-state index in [1.165, 1.54) is 16.6 Å². The molecule has 0 amide bonds. The minimum atomic E-state index is -3.97. The van der Waals surface area contributed by atoms with E-state index < -0.39 is 68.2 Å². The number of benzene rings is 6. The number of nitrogens with zero attached hydrogens (tertiary/aromatic N) is 10. The molecular weight excluding hydrogens is 1790 g/mol. The van der Waals surface area contributed by atoms with Crippen LogP contribution in [-0.2, 0) is 66.6 Å². The maximum absolute atomic E-state index is 13.8. The van der Waals surface area contributed by atoms with Gasteiger partial charge in [0.1, 0.15) is 25.1 Å². The summed E-state index contributed by atoms with van der Waals surface area (Å²) in [5.41, 5.74) is 14.9. The lowest BCUT2D eigenvalue weighted by Gasteiger charge is -2.15. The number of sulfonamides is 4. The fraction of sp³-hybridized carbons (Fsp3) is 0.244. The van der Waals surface area contributed by atoms with Crippen molar-refractivity contribution in [2.45, 2.75) is 121 Å². The monoisotopic (exact) mass is 1880 g/mol. The second-order valence-corrected chi connectivity index (χ2v) is 48.0. The van der Waals surface area contributed by atoms with Crippen molar-refractivity contribution in [3.8, 4) is 67.8 Å². The maximum atomic E-state index is 13.8. The van der Waals surface area contributed by atoms with Gasteiger partial charge in [0, 0.05) is 104 Å². The number of pyridine rings is 4. The minimum absolute atomic E-state index is 0.150. The van der Waals surface area contributed by atoms with Crippen LogP contribution in [0.25, 0.3) is 88.6 Å². The molecule has 4 aliphatic rings. The Morgan fingerprint density at radius 2 is 0.680 bits per heavy atom. The van der Waals surface area contributed by atoms with Crippen molar-refractivity contribution in [2.24, 2.45) is 0 Å². The highest BCUT2D eigenvalue weighted by atomic mass is 127. The molecule has 122 heavy (non-hydrogen) atoms. The van der Waals surface area contributed by atoms with Crippen molar-refractivity contribution >= 4 is 135 Å². The zero-order valence-corrected chi connectivity index (χ0v) is 75.7. The lowest BCUT2D eigenvalue weighted by atomic mass is 10.0. The number of hydrogen-bond acceptors (Lipinski definition) is 16. The zero-order chi connectivity index (χ0) is 85.9. The highest BCUT2D eigenvalue weighted by Gasteiger charge is 2.33. The van der Waals surface area contributed by atoms with Crippen LogP contribution in [0, 0.1) is 27.0 Å². The Hall–Kier alpha value is -10.3. The SMILES string of the molecule is CC#Cc1cc2c(-c3ccc(S(=O)(=O)N4CCCC4)cc3)ccnc2[nH]1.CCc1cc2c(-c3ccc(S(=O)(=O)N4CCCC4)cc3)ccnc2[nH]1.C[Si](C)(C)C#Cc1cc2c(-c3ccc(S(=O)(=O)N4CCCC4)cc3)ccnc2n1S(=O)(=O)c1ccccc1.O=S(=O)(c1ccc(-c2ccnc3c2cc(I)n3S(=O)(=O)c2ccccc2)cc1)N1CCCC1. The van der Waals surface area contributed by atoms with E-state index in [2.05, 4.69) is 85.8 Å². The quantitative estimate of drug-likeness (QED) is 0.0486. The number of fused-ring (bicyclic) bond motifs is 4. The number of nitrogens with one attached hydrogen (secondary N) is 2. The first kappa shape index (κ1) is 86.6. The van der Waals surface area contributed by atoms with E-state index in [-0.39, 0.29) is 25.2 Å². The summed E-state index contributed by atoms with van der Waals surface area (Å²) < 4.78 is 166. The fourth-order valence-electron chi connectivity index (χ4n) is 15.4. The summed E-state index contributed by atoms with van der Waals surface area (Å²) in [6.07, 6.45) is 14.8. The predicted octanol–water partition coefficient (Wildman–Crippen LogP) is 16.2. The second kappa shape index (κ2) is 35.9. The van der Waals surface area contributed by atoms with Gasteiger partial charge >= 0.3 is 0 Å². The van der Waals surface area contributed by atoms with Crippen LogP contribution >= 0.6 is 22.6 Å². The summed E-state index contributed by atoms with van der Waals surface area (Å²) in [5.74, 6) is 9.01. The molecule has 2 N–H and O–H groups in total. The average molecular weight is 1880 g/mol. The Morgan fingerprint density at radius 3 is 1.04 bits per heavy atom. The number of halogens is 1. The molecular formula is C90H89IN12O12S6Si. The summed E-state index contributed by atoms with van der Waals surface area (Å²) in [5, 5.41) is 3.34. The van der Waals surface area contributed by atoms with Crippen molar-refractivity contribution in [3.63, 3.8) is 0 Å². The molecule has 0 radical (unpaired) electrons. The van der Waals surface area contributed by atoms with Gasteiger partial charge in [0.05, 0.1) is 38.8 Å². The summed E-state index contributed by atoms with van der Waals surface area (Å²) in [7, 11) is -23.4. The second-order valence-electron chi connectivity index (χ2n) is 30.8. The first-order valence-electron chi connectivity index (χ1n) is 40.1. The van der Waals surface area contributed by atoms with Gasteiger partial charge < -0.3 is 9.97 Å². The van der Waals surface area contributed by atoms with E-state index in [0.717, 1.165) is 136 Å². The molecule has 8 aromatic heterocycles. The Kier molecular flexibility index (Phi) is 25.5. The summed E-state index contributed by atoms with van der Waals surface area (Å²) in [4.78, 5) is 25.6. The first-order valence-corrected chi connectivity index (χ1v) is 53.3. The van der Waals surface area contributed by atoms with E-state index in [0.29, 0.717) is 88.0 Å². The van der Waals surface area contributed by atoms with Gasteiger partial charge in [0.15, 0.2) is 11.3 Å². The third kappa shape index (κ3) is 17.9. The molecule has 6 aromatic carbocycles. The van der Waals surface area contributed by atoms with Crippen molar-refractivity contribution in [1.82, 2.24) is 55.1 Å². The van der Waals surface area contributed by atoms with Gasteiger partial charge in [0.2, 0.25) is 40.1 Å². The number of aromatic amines is 2. The Morgan fingerprint density at radius 1 is 0.361 bits per heavy atom. The largest absolute Gasteiger partial charge is 0.343 e. The molecule has 0 bridgehead atoms. The Labute approximate surface area is 727 Å². The lowest BCUT2D eigenvalue weighted by molar-refractivity contribution is 0.476. The maximum Gasteiger partial charge on any atom is 0.270 e. The van der Waals surface area contributed by atoms with Gasteiger partial charge in [-0.3, -0.25) is 0 Å². The van der Waals surface area contributed by atoms with Crippen molar-refractivity contribution in [3.05, 3.63) is 252 Å². The van der Waals surface area contributed by atoms with E-state index in [1.807, 2.05) is 77.2 Å². The molecule has 14 aromatic rings. The van der Waals surface area contributed by atoms with Crippen LogP contribution in [0.3, 0.4) is 0 Å². The van der Waals surface area contributed by atoms with Crippen molar-refractivity contribution < 1.29 is 50.5 Å². The normalized spacial score (nSPS) is 15.3. The molecule has 4 aliphatic heterocycles. The van der Waals surface area contributed by atoms with Crippen LogP contribution < -0.4 is 0 Å². The smallest absolute Gasteiger partial charge is 0.270 e. The number of aromatic nitrogens is 8. The first-order chi connectivity index (χ1) is 58.5. The average Bonchev–Trinajstić information content (AvgIpc) is 1.59. The van der Waals surface area contributed by atoms with Crippen molar-refractivity contribution in [2.75, 3.05) is 52.4 Å². The van der Waals surface area contributed by atoms with Gasteiger partial charge in [-0.15, -0.1) is 5.54 Å². The van der Waals surface area contributed by atoms with Crippen molar-refractivity contribution in [1.29, 1.82) is 0 Å². The number of rotatable bonds is 17. The molecule has 18 rings (SSSR count). The van der Waals surface area contributed by atoms with E-state index in [9.17, 15) is 50.5 Å². The Balaban J connectivity index is 0.000000128. The molecule has 24 nitrogen and oxygen atoms in total. The van der Waals surface area contributed by atoms with Crippen LogP contribution in [0.2, 0.25) is 19.6 Å². The van der Waals surface area contributed by atoms with E-state index in [1.54, 1.807) is 186 Å². The summed E-state index contributed by atoms with van der Waals surface area (Å²) >= 11 is 2.00. The number of aryl methyl sites for hydroxylation is 1. The lowest BCUT2D eigenvalue weighted by Crippen LogP contribution is -2.27. The van der Waals surface area contributed by atoms with Crippen LogP contribution in [0.15, 0.2) is 260 Å². The fourth-order valence-corrected chi connectivity index (χ4v) is 26.1. The van der Waals surface area contributed by atoms with Crippen LogP contribution in [0.5, 0.6) is 0 Å². The molecule has 0 saturated carbocycles. The van der Waals surface area contributed by atoms with Gasteiger partial charge in [-0.25, -0.2) is 78.4 Å². The van der Waals surface area contributed by atoms with Gasteiger partial charge in [-0.05, 0) is 259 Å². The molecule has 4 fully saturated rings. The van der Waals surface area contributed by atoms with Gasteiger partial charge in [-0.2, -0.15) is 17.2 Å². The van der Waals surface area contributed by atoms with Gasteiger partial charge in [-0.1, -0.05) is 123 Å². The molecule has 0 aliphatic carbocycles. The molecule has 0 atom stereocenters. The van der Waals surface area contributed by atoms with Crippen LogP contribution in [0.1, 0.15) is 82.3 Å².